The number of halogens is 1. The number of carbonyl (C=O) groups excluding carboxylic acids is 2. The number of unbranched alkanes of at least 4 members (excludes halogenated alkanes) is 1. The first-order chi connectivity index (χ1) is 8.72. The number of carbonyl (C=O) groups is 2. The summed E-state index contributed by atoms with van der Waals surface area (Å²) in [5, 5.41) is 0.962. The summed E-state index contributed by atoms with van der Waals surface area (Å²) in [6.07, 6.45) is 4.76. The van der Waals surface area contributed by atoms with Crippen LogP contribution in [0.3, 0.4) is 0 Å². The summed E-state index contributed by atoms with van der Waals surface area (Å²) >= 11 is 3.37. The first kappa shape index (κ1) is 13.8. The zero-order valence-electron chi connectivity index (χ0n) is 10.7. The van der Waals surface area contributed by atoms with Crippen LogP contribution in [0.1, 0.15) is 32.1 Å². The van der Waals surface area contributed by atoms with Crippen LogP contribution in [-0.2, 0) is 9.59 Å². The fourth-order valence-corrected chi connectivity index (χ4v) is 2.69. The number of amides is 2. The van der Waals surface area contributed by atoms with Gasteiger partial charge in [-0.15, -0.1) is 0 Å². The van der Waals surface area contributed by atoms with Gasteiger partial charge in [0.05, 0.1) is 0 Å². The maximum absolute atomic E-state index is 11.9. The quantitative estimate of drug-likeness (QED) is 0.571. The number of nitrogens with zero attached hydrogens (tertiary/aromatic N) is 2. The van der Waals surface area contributed by atoms with E-state index in [9.17, 15) is 9.59 Å². The summed E-state index contributed by atoms with van der Waals surface area (Å²) in [7, 11) is 0. The Morgan fingerprint density at radius 1 is 1.00 bits per heavy atom. The fourth-order valence-electron chi connectivity index (χ4n) is 2.29. The summed E-state index contributed by atoms with van der Waals surface area (Å²) in [6, 6.07) is 0. The van der Waals surface area contributed by atoms with Crippen LogP contribution < -0.4 is 0 Å². The van der Waals surface area contributed by atoms with Crippen molar-refractivity contribution >= 4 is 27.7 Å². The maximum Gasteiger partial charge on any atom is 0.225 e. The van der Waals surface area contributed by atoms with E-state index in [1.807, 2.05) is 9.80 Å². The molecule has 1 heterocycles. The van der Waals surface area contributed by atoms with E-state index in [4.69, 9.17) is 0 Å². The van der Waals surface area contributed by atoms with Gasteiger partial charge in [0.15, 0.2) is 0 Å². The Bertz CT molecular complexity index is 310. The molecule has 0 aromatic carbocycles. The zero-order chi connectivity index (χ0) is 13.0. The molecule has 5 heteroatoms. The van der Waals surface area contributed by atoms with Crippen molar-refractivity contribution in [1.29, 1.82) is 0 Å². The highest BCUT2D eigenvalue weighted by atomic mass is 79.9. The molecule has 0 spiro atoms. The Balaban J connectivity index is 1.68. The van der Waals surface area contributed by atoms with Crippen molar-refractivity contribution in [2.45, 2.75) is 32.1 Å². The van der Waals surface area contributed by atoms with Gasteiger partial charge in [0.25, 0.3) is 0 Å². The van der Waals surface area contributed by atoms with Gasteiger partial charge >= 0.3 is 0 Å². The van der Waals surface area contributed by atoms with Crippen molar-refractivity contribution in [3.8, 4) is 0 Å². The van der Waals surface area contributed by atoms with Gasteiger partial charge in [0, 0.05) is 43.8 Å². The Labute approximate surface area is 117 Å². The molecule has 1 saturated heterocycles. The van der Waals surface area contributed by atoms with E-state index in [0.717, 1.165) is 44.1 Å². The van der Waals surface area contributed by atoms with E-state index < -0.39 is 0 Å². The molecule has 0 N–H and O–H groups in total. The molecule has 4 nitrogen and oxygen atoms in total. The molecule has 0 radical (unpaired) electrons. The molecule has 0 bridgehead atoms. The van der Waals surface area contributed by atoms with Gasteiger partial charge in [-0.05, 0) is 25.7 Å². The van der Waals surface area contributed by atoms with Gasteiger partial charge in [-0.3, -0.25) is 9.59 Å². The summed E-state index contributed by atoms with van der Waals surface area (Å²) in [6.45, 7) is 2.87. The average molecular weight is 317 g/mol. The van der Waals surface area contributed by atoms with Crippen molar-refractivity contribution in [3.05, 3.63) is 0 Å². The molecule has 0 unspecified atom stereocenters. The first-order valence-electron chi connectivity index (χ1n) is 6.85. The molecular formula is C13H21BrN2O2. The minimum Gasteiger partial charge on any atom is -0.339 e. The van der Waals surface area contributed by atoms with Crippen LogP contribution >= 0.6 is 15.9 Å². The van der Waals surface area contributed by atoms with E-state index >= 15 is 0 Å². The highest BCUT2D eigenvalue weighted by Crippen LogP contribution is 2.31. The molecule has 0 atom stereocenters. The van der Waals surface area contributed by atoms with Crippen LogP contribution in [0.5, 0.6) is 0 Å². The highest BCUT2D eigenvalue weighted by molar-refractivity contribution is 9.09. The summed E-state index contributed by atoms with van der Waals surface area (Å²) in [5.74, 6) is 0.849. The predicted molar refractivity (Wildman–Crippen MR) is 73.5 cm³/mol. The molecule has 0 aromatic rings. The number of hydrogen-bond donors (Lipinski definition) is 0. The summed E-state index contributed by atoms with van der Waals surface area (Å²) in [5.41, 5.74) is 0. The Morgan fingerprint density at radius 2 is 1.61 bits per heavy atom. The van der Waals surface area contributed by atoms with Gasteiger partial charge in [0.2, 0.25) is 11.8 Å². The standard InChI is InChI=1S/C13H21BrN2O2/c14-6-2-1-3-12(17)15-7-9-16(10-8-15)13(18)11-4-5-11/h11H,1-10H2. The number of rotatable bonds is 5. The third-order valence-electron chi connectivity index (χ3n) is 3.64. The van der Waals surface area contributed by atoms with Gasteiger partial charge in [-0.2, -0.15) is 0 Å². The molecule has 18 heavy (non-hydrogen) atoms. The number of hydrogen-bond acceptors (Lipinski definition) is 2. The van der Waals surface area contributed by atoms with Crippen LogP contribution in [0, 0.1) is 5.92 Å². The Morgan fingerprint density at radius 3 is 2.17 bits per heavy atom. The van der Waals surface area contributed by atoms with Gasteiger partial charge in [-0.1, -0.05) is 15.9 Å². The minimum absolute atomic E-state index is 0.245. The molecule has 102 valence electrons. The molecule has 2 rings (SSSR count). The lowest BCUT2D eigenvalue weighted by Gasteiger charge is -2.35. The predicted octanol–water partition coefficient (Wildman–Crippen LogP) is 1.63. The third-order valence-corrected chi connectivity index (χ3v) is 4.21. The van der Waals surface area contributed by atoms with Gasteiger partial charge < -0.3 is 9.80 Å². The SMILES string of the molecule is O=C(CCCCBr)N1CCN(C(=O)C2CC2)CC1. The van der Waals surface area contributed by atoms with Crippen molar-refractivity contribution in [1.82, 2.24) is 9.80 Å². The average Bonchev–Trinajstić information content (AvgIpc) is 3.22. The van der Waals surface area contributed by atoms with Crippen LogP contribution in [0.15, 0.2) is 0 Å². The monoisotopic (exact) mass is 316 g/mol. The van der Waals surface area contributed by atoms with Crippen LogP contribution in [0.25, 0.3) is 0 Å². The van der Waals surface area contributed by atoms with Gasteiger partial charge in [-0.25, -0.2) is 0 Å². The molecule has 1 aliphatic carbocycles. The molecule has 0 aromatic heterocycles. The second-order valence-electron chi connectivity index (χ2n) is 5.13. The molecule has 2 amide bonds. The van der Waals surface area contributed by atoms with Crippen molar-refractivity contribution in [2.75, 3.05) is 31.5 Å². The molecule has 1 saturated carbocycles. The topological polar surface area (TPSA) is 40.6 Å². The Kier molecular flexibility index (Phi) is 5.03. The fraction of sp³-hybridized carbons (Fsp3) is 0.846. The largest absolute Gasteiger partial charge is 0.339 e. The maximum atomic E-state index is 11.9. The van der Waals surface area contributed by atoms with Crippen LogP contribution in [-0.4, -0.2) is 53.1 Å². The highest BCUT2D eigenvalue weighted by Gasteiger charge is 2.34. The van der Waals surface area contributed by atoms with E-state index in [0.29, 0.717) is 31.3 Å². The second-order valence-corrected chi connectivity index (χ2v) is 5.92. The minimum atomic E-state index is 0.245. The van der Waals surface area contributed by atoms with Crippen molar-refractivity contribution in [3.63, 3.8) is 0 Å². The molecular weight excluding hydrogens is 296 g/mol. The number of alkyl halides is 1. The smallest absolute Gasteiger partial charge is 0.225 e. The zero-order valence-corrected chi connectivity index (χ0v) is 12.3. The van der Waals surface area contributed by atoms with Gasteiger partial charge in [0.1, 0.15) is 0 Å². The van der Waals surface area contributed by atoms with E-state index in [2.05, 4.69) is 15.9 Å². The third kappa shape index (κ3) is 3.70. The lowest BCUT2D eigenvalue weighted by atomic mass is 10.2. The lowest BCUT2D eigenvalue weighted by Crippen LogP contribution is -2.51. The van der Waals surface area contributed by atoms with Crippen molar-refractivity contribution in [2.24, 2.45) is 5.92 Å². The lowest BCUT2D eigenvalue weighted by molar-refractivity contribution is -0.140. The first-order valence-corrected chi connectivity index (χ1v) is 7.97. The normalized spacial score (nSPS) is 20.1. The summed E-state index contributed by atoms with van der Waals surface area (Å²) < 4.78 is 0. The van der Waals surface area contributed by atoms with E-state index in [1.165, 1.54) is 0 Å². The van der Waals surface area contributed by atoms with E-state index in [-0.39, 0.29) is 5.91 Å². The molecule has 1 aliphatic heterocycles. The molecule has 2 fully saturated rings. The second kappa shape index (κ2) is 6.55. The van der Waals surface area contributed by atoms with Crippen LogP contribution in [0.4, 0.5) is 0 Å². The number of piperazine rings is 1. The summed E-state index contributed by atoms with van der Waals surface area (Å²) in [4.78, 5) is 27.6. The van der Waals surface area contributed by atoms with E-state index in [1.54, 1.807) is 0 Å². The molecule has 2 aliphatic rings. The van der Waals surface area contributed by atoms with Crippen LogP contribution in [0.2, 0.25) is 0 Å². The Hall–Kier alpha value is -0.580. The van der Waals surface area contributed by atoms with Crippen molar-refractivity contribution < 1.29 is 9.59 Å².